The molecule has 0 aliphatic carbocycles. The minimum atomic E-state index is 0.243. The maximum atomic E-state index is 8.91. The normalized spacial score (nSPS) is 17.4. The average Bonchev–Trinajstić information content (AvgIpc) is 2.34. The molecule has 1 aromatic rings. The van der Waals surface area contributed by atoms with Crippen LogP contribution < -0.4 is 10.6 Å². The van der Waals surface area contributed by atoms with Gasteiger partial charge in [0.1, 0.15) is 0 Å². The van der Waals surface area contributed by atoms with Gasteiger partial charge in [0.05, 0.1) is 18.0 Å². The Morgan fingerprint density at radius 3 is 2.59 bits per heavy atom. The fraction of sp³-hybridized carbons (Fsp3) is 0.538. The highest BCUT2D eigenvalue weighted by Crippen LogP contribution is 2.26. The fourth-order valence-corrected chi connectivity index (χ4v) is 2.29. The van der Waals surface area contributed by atoms with Crippen LogP contribution in [0.15, 0.2) is 18.2 Å². The van der Waals surface area contributed by atoms with Crippen LogP contribution in [0.25, 0.3) is 0 Å². The minimum absolute atomic E-state index is 0.243. The molecule has 17 heavy (non-hydrogen) atoms. The van der Waals surface area contributed by atoms with Gasteiger partial charge in [0, 0.05) is 32.7 Å². The monoisotopic (exact) mass is 235 g/mol. The number of hydrogen-bond acceptors (Lipinski definition) is 4. The van der Waals surface area contributed by atoms with Crippen LogP contribution in [0.1, 0.15) is 5.56 Å². The van der Waals surface area contributed by atoms with Crippen molar-refractivity contribution in [2.45, 2.75) is 6.92 Å². The predicted octanol–water partition coefficient (Wildman–Crippen LogP) is 0.692. The van der Waals surface area contributed by atoms with E-state index in [1.807, 2.05) is 13.0 Å². The van der Waals surface area contributed by atoms with Crippen LogP contribution in [0.2, 0.25) is 0 Å². The molecule has 0 spiro atoms. The third kappa shape index (κ3) is 2.70. The van der Waals surface area contributed by atoms with Gasteiger partial charge >= 0.3 is 0 Å². The lowest BCUT2D eigenvalue weighted by atomic mass is 10.1. The average molecular weight is 235 g/mol. The third-order valence-electron chi connectivity index (χ3n) is 3.43. The topological polar surface area (TPSA) is 52.7 Å². The molecule has 0 unspecified atom stereocenters. The molecule has 0 saturated carbocycles. The van der Waals surface area contributed by atoms with Crippen LogP contribution in [-0.4, -0.2) is 49.3 Å². The van der Waals surface area contributed by atoms with Gasteiger partial charge in [-0.25, -0.2) is 0 Å². The first kappa shape index (κ1) is 12.2. The highest BCUT2D eigenvalue weighted by Gasteiger charge is 2.18. The van der Waals surface area contributed by atoms with E-state index in [1.54, 1.807) is 0 Å². The molecule has 0 bridgehead atoms. The molecule has 94 valence electrons. The van der Waals surface area contributed by atoms with E-state index in [0.717, 1.165) is 49.7 Å². The van der Waals surface area contributed by atoms with Gasteiger partial charge in [-0.3, -0.25) is 4.90 Å². The Labute approximate surface area is 103 Å². The molecular formula is C13H21N3O. The van der Waals surface area contributed by atoms with E-state index in [9.17, 15) is 0 Å². The number of piperazine rings is 1. The summed E-state index contributed by atoms with van der Waals surface area (Å²) in [6.45, 7) is 7.01. The number of nitrogens with two attached hydrogens (primary N) is 1. The van der Waals surface area contributed by atoms with Crippen molar-refractivity contribution >= 4 is 11.4 Å². The van der Waals surface area contributed by atoms with Crippen LogP contribution >= 0.6 is 0 Å². The first-order valence-electron chi connectivity index (χ1n) is 6.15. The SMILES string of the molecule is Cc1cccc(N2CCN(CCO)CC2)c1N. The summed E-state index contributed by atoms with van der Waals surface area (Å²) >= 11 is 0. The van der Waals surface area contributed by atoms with Gasteiger partial charge in [0.2, 0.25) is 0 Å². The van der Waals surface area contributed by atoms with E-state index in [0.29, 0.717) is 0 Å². The Bertz CT molecular complexity index is 373. The molecule has 1 fully saturated rings. The summed E-state index contributed by atoms with van der Waals surface area (Å²) in [6, 6.07) is 6.19. The van der Waals surface area contributed by atoms with Crippen LogP contribution in [0.5, 0.6) is 0 Å². The number of benzene rings is 1. The second-order valence-electron chi connectivity index (χ2n) is 4.56. The van der Waals surface area contributed by atoms with E-state index in [-0.39, 0.29) is 6.61 Å². The molecule has 0 atom stereocenters. The van der Waals surface area contributed by atoms with Gasteiger partial charge in [0.15, 0.2) is 0 Å². The molecule has 4 nitrogen and oxygen atoms in total. The summed E-state index contributed by atoms with van der Waals surface area (Å²) in [5.41, 5.74) is 9.29. The standard InChI is InChI=1S/C13H21N3O/c1-11-3-2-4-12(13(11)14)16-7-5-15(6-8-16)9-10-17/h2-4,17H,5-10,14H2,1H3. The quantitative estimate of drug-likeness (QED) is 0.757. The molecule has 2 rings (SSSR count). The van der Waals surface area contributed by atoms with Crippen LogP contribution in [0.4, 0.5) is 11.4 Å². The van der Waals surface area contributed by atoms with Crippen molar-refractivity contribution < 1.29 is 5.11 Å². The molecule has 1 aliphatic rings. The first-order valence-corrected chi connectivity index (χ1v) is 6.15. The number of rotatable bonds is 3. The Morgan fingerprint density at radius 2 is 1.94 bits per heavy atom. The largest absolute Gasteiger partial charge is 0.397 e. The molecule has 0 radical (unpaired) electrons. The summed E-state index contributed by atoms with van der Waals surface area (Å²) in [5, 5.41) is 8.91. The van der Waals surface area contributed by atoms with E-state index in [1.165, 1.54) is 0 Å². The zero-order chi connectivity index (χ0) is 12.3. The van der Waals surface area contributed by atoms with Crippen molar-refractivity contribution in [1.82, 2.24) is 4.90 Å². The number of anilines is 2. The Hall–Kier alpha value is -1.26. The van der Waals surface area contributed by atoms with Gasteiger partial charge in [-0.1, -0.05) is 12.1 Å². The number of nitrogens with zero attached hydrogens (tertiary/aromatic N) is 2. The maximum Gasteiger partial charge on any atom is 0.0603 e. The summed E-state index contributed by atoms with van der Waals surface area (Å²) in [5.74, 6) is 0. The highest BCUT2D eigenvalue weighted by atomic mass is 16.3. The number of aliphatic hydroxyl groups is 1. The van der Waals surface area contributed by atoms with Crippen LogP contribution in [0.3, 0.4) is 0 Å². The first-order chi connectivity index (χ1) is 8.22. The van der Waals surface area contributed by atoms with Gasteiger partial charge in [0.25, 0.3) is 0 Å². The smallest absolute Gasteiger partial charge is 0.0603 e. The van der Waals surface area contributed by atoms with Crippen molar-refractivity contribution in [2.75, 3.05) is 50.0 Å². The molecule has 3 N–H and O–H groups in total. The van der Waals surface area contributed by atoms with Crippen molar-refractivity contribution in [3.8, 4) is 0 Å². The van der Waals surface area contributed by atoms with Crippen molar-refractivity contribution in [3.63, 3.8) is 0 Å². The molecular weight excluding hydrogens is 214 g/mol. The molecule has 1 aromatic carbocycles. The molecule has 1 heterocycles. The molecule has 4 heteroatoms. The molecule has 0 aromatic heterocycles. The number of aliphatic hydroxyl groups excluding tert-OH is 1. The van der Waals surface area contributed by atoms with E-state index < -0.39 is 0 Å². The number of para-hydroxylation sites is 1. The second kappa shape index (κ2) is 5.38. The second-order valence-corrected chi connectivity index (χ2v) is 4.56. The zero-order valence-electron chi connectivity index (χ0n) is 10.4. The van der Waals surface area contributed by atoms with E-state index in [4.69, 9.17) is 10.8 Å². The molecule has 0 amide bonds. The van der Waals surface area contributed by atoms with Crippen molar-refractivity contribution in [3.05, 3.63) is 23.8 Å². The Balaban J connectivity index is 2.03. The van der Waals surface area contributed by atoms with Crippen LogP contribution in [0, 0.1) is 6.92 Å². The van der Waals surface area contributed by atoms with Crippen molar-refractivity contribution in [1.29, 1.82) is 0 Å². The fourth-order valence-electron chi connectivity index (χ4n) is 2.29. The number of hydrogen-bond donors (Lipinski definition) is 2. The predicted molar refractivity (Wildman–Crippen MR) is 71.3 cm³/mol. The number of β-amino-alcohol motifs (C(OH)–C–C–N with tert-alkyl or cyclic N) is 1. The lowest BCUT2D eigenvalue weighted by Gasteiger charge is -2.36. The number of aryl methyl sites for hydroxylation is 1. The lowest BCUT2D eigenvalue weighted by Crippen LogP contribution is -2.47. The van der Waals surface area contributed by atoms with Gasteiger partial charge in [-0.05, 0) is 18.6 Å². The summed E-state index contributed by atoms with van der Waals surface area (Å²) in [4.78, 5) is 4.61. The Kier molecular flexibility index (Phi) is 3.86. The zero-order valence-corrected chi connectivity index (χ0v) is 10.4. The highest BCUT2D eigenvalue weighted by molar-refractivity contribution is 5.71. The summed E-state index contributed by atoms with van der Waals surface area (Å²) in [6.07, 6.45) is 0. The lowest BCUT2D eigenvalue weighted by molar-refractivity contribution is 0.189. The Morgan fingerprint density at radius 1 is 1.24 bits per heavy atom. The minimum Gasteiger partial charge on any atom is -0.397 e. The van der Waals surface area contributed by atoms with Crippen LogP contribution in [-0.2, 0) is 0 Å². The summed E-state index contributed by atoms with van der Waals surface area (Å²) < 4.78 is 0. The molecule has 1 saturated heterocycles. The van der Waals surface area contributed by atoms with Gasteiger partial charge in [-0.15, -0.1) is 0 Å². The van der Waals surface area contributed by atoms with E-state index in [2.05, 4.69) is 21.9 Å². The number of nitrogen functional groups attached to an aromatic ring is 1. The molecule has 1 aliphatic heterocycles. The van der Waals surface area contributed by atoms with Gasteiger partial charge < -0.3 is 15.7 Å². The van der Waals surface area contributed by atoms with Gasteiger partial charge in [-0.2, -0.15) is 0 Å². The third-order valence-corrected chi connectivity index (χ3v) is 3.43. The van der Waals surface area contributed by atoms with E-state index >= 15 is 0 Å². The summed E-state index contributed by atoms with van der Waals surface area (Å²) in [7, 11) is 0. The van der Waals surface area contributed by atoms with Crippen molar-refractivity contribution in [2.24, 2.45) is 0 Å². The maximum absolute atomic E-state index is 8.91.